The molecule has 0 saturated heterocycles. The Morgan fingerprint density at radius 3 is 2.35 bits per heavy atom. The summed E-state index contributed by atoms with van der Waals surface area (Å²) >= 11 is 0. The van der Waals surface area contributed by atoms with E-state index in [0.717, 1.165) is 29.8 Å². The van der Waals surface area contributed by atoms with Crippen LogP contribution in [0, 0.1) is 13.8 Å². The Bertz CT molecular complexity index is 392. The van der Waals surface area contributed by atoms with Crippen LogP contribution in [0.25, 0.3) is 0 Å². The van der Waals surface area contributed by atoms with Crippen LogP contribution in [0.1, 0.15) is 43.6 Å². The topological polar surface area (TPSA) is 46.9 Å². The molecule has 0 bridgehead atoms. The predicted molar refractivity (Wildman–Crippen MR) is 68.9 cm³/mol. The van der Waals surface area contributed by atoms with Crippen molar-refractivity contribution in [3.63, 3.8) is 0 Å². The molecule has 4 heteroatoms. The van der Waals surface area contributed by atoms with E-state index in [1.54, 1.807) is 0 Å². The van der Waals surface area contributed by atoms with Gasteiger partial charge in [0.05, 0.1) is 12.1 Å². The molecule has 0 aromatic carbocycles. The summed E-state index contributed by atoms with van der Waals surface area (Å²) in [7, 11) is 1.91. The maximum Gasteiger partial charge on any atom is 0.224 e. The lowest BCUT2D eigenvalue weighted by Gasteiger charge is -2.14. The van der Waals surface area contributed by atoms with Gasteiger partial charge in [-0.05, 0) is 26.7 Å². The maximum atomic E-state index is 11.9. The Morgan fingerprint density at radius 2 is 1.94 bits per heavy atom. The van der Waals surface area contributed by atoms with Crippen molar-refractivity contribution in [3.05, 3.63) is 17.0 Å². The Hall–Kier alpha value is -1.32. The molecule has 0 aliphatic rings. The molecule has 0 radical (unpaired) electrons. The van der Waals surface area contributed by atoms with Crippen LogP contribution < -0.4 is 5.32 Å². The van der Waals surface area contributed by atoms with Gasteiger partial charge in [-0.3, -0.25) is 9.48 Å². The van der Waals surface area contributed by atoms with E-state index in [2.05, 4.69) is 24.3 Å². The van der Waals surface area contributed by atoms with Gasteiger partial charge in [-0.1, -0.05) is 13.8 Å². The molecular formula is C13H23N3O. The first kappa shape index (κ1) is 13.7. The normalized spacial score (nSPS) is 10.9. The van der Waals surface area contributed by atoms with Gasteiger partial charge in [-0.25, -0.2) is 0 Å². The van der Waals surface area contributed by atoms with Crippen LogP contribution in [0.15, 0.2) is 0 Å². The zero-order chi connectivity index (χ0) is 13.0. The van der Waals surface area contributed by atoms with Crippen molar-refractivity contribution in [1.29, 1.82) is 0 Å². The van der Waals surface area contributed by atoms with Crippen molar-refractivity contribution in [2.45, 2.75) is 53.0 Å². The molecule has 0 unspecified atom stereocenters. The predicted octanol–water partition coefficient (Wildman–Crippen LogP) is 1.88. The van der Waals surface area contributed by atoms with Crippen LogP contribution in [0.2, 0.25) is 0 Å². The lowest BCUT2D eigenvalue weighted by atomic mass is 10.1. The van der Waals surface area contributed by atoms with Crippen molar-refractivity contribution in [2.24, 2.45) is 7.05 Å². The van der Waals surface area contributed by atoms with Gasteiger partial charge >= 0.3 is 0 Å². The quantitative estimate of drug-likeness (QED) is 0.850. The smallest absolute Gasteiger partial charge is 0.224 e. The third-order valence-corrected chi connectivity index (χ3v) is 3.35. The van der Waals surface area contributed by atoms with Gasteiger partial charge in [0.1, 0.15) is 0 Å². The van der Waals surface area contributed by atoms with Crippen LogP contribution in [0.3, 0.4) is 0 Å². The average Bonchev–Trinajstić information content (AvgIpc) is 2.53. The molecule has 17 heavy (non-hydrogen) atoms. The second kappa shape index (κ2) is 5.84. The maximum absolute atomic E-state index is 11.9. The van der Waals surface area contributed by atoms with Crippen molar-refractivity contribution >= 4 is 5.91 Å². The van der Waals surface area contributed by atoms with Crippen LogP contribution in [0.5, 0.6) is 0 Å². The fourth-order valence-corrected chi connectivity index (χ4v) is 2.01. The summed E-state index contributed by atoms with van der Waals surface area (Å²) in [6.45, 7) is 8.14. The van der Waals surface area contributed by atoms with Crippen LogP contribution in [-0.4, -0.2) is 21.7 Å². The third-order valence-electron chi connectivity index (χ3n) is 3.35. The van der Waals surface area contributed by atoms with Gasteiger partial charge < -0.3 is 5.32 Å². The van der Waals surface area contributed by atoms with Crippen molar-refractivity contribution in [2.75, 3.05) is 0 Å². The SMILES string of the molecule is CCC(CC)NC(=O)Cc1c(C)nn(C)c1C. The number of carbonyl (C=O) groups excluding carboxylic acids is 1. The van der Waals surface area contributed by atoms with Crippen LogP contribution >= 0.6 is 0 Å². The minimum Gasteiger partial charge on any atom is -0.353 e. The standard InChI is InChI=1S/C13H23N3O/c1-6-11(7-2)14-13(17)8-12-9(3)15-16(5)10(12)4/h11H,6-8H2,1-5H3,(H,14,17). The number of nitrogens with one attached hydrogen (secondary N) is 1. The minimum atomic E-state index is 0.0953. The summed E-state index contributed by atoms with van der Waals surface area (Å²) in [6.07, 6.45) is 2.39. The van der Waals surface area contributed by atoms with Crippen molar-refractivity contribution in [3.8, 4) is 0 Å². The number of aromatic nitrogens is 2. The van der Waals surface area contributed by atoms with Gasteiger partial charge in [-0.2, -0.15) is 5.10 Å². The van der Waals surface area contributed by atoms with E-state index >= 15 is 0 Å². The summed E-state index contributed by atoms with van der Waals surface area (Å²) < 4.78 is 1.83. The second-order valence-corrected chi connectivity index (χ2v) is 4.53. The molecule has 0 aliphatic heterocycles. The third kappa shape index (κ3) is 3.32. The number of nitrogens with zero attached hydrogens (tertiary/aromatic N) is 2. The number of hydrogen-bond acceptors (Lipinski definition) is 2. The lowest BCUT2D eigenvalue weighted by Crippen LogP contribution is -2.35. The molecule has 4 nitrogen and oxygen atoms in total. The molecule has 1 amide bonds. The van der Waals surface area contributed by atoms with Gasteiger partial charge in [0.25, 0.3) is 0 Å². The van der Waals surface area contributed by atoms with Crippen LogP contribution in [0.4, 0.5) is 0 Å². The fourth-order valence-electron chi connectivity index (χ4n) is 2.01. The number of aryl methyl sites for hydroxylation is 2. The Morgan fingerprint density at radius 1 is 1.35 bits per heavy atom. The Kier molecular flexibility index (Phi) is 4.73. The molecule has 0 saturated carbocycles. The average molecular weight is 237 g/mol. The highest BCUT2D eigenvalue weighted by Crippen LogP contribution is 2.12. The van der Waals surface area contributed by atoms with E-state index in [1.807, 2.05) is 25.6 Å². The van der Waals surface area contributed by atoms with E-state index < -0.39 is 0 Å². The first-order chi connectivity index (χ1) is 7.99. The van der Waals surface area contributed by atoms with E-state index in [1.165, 1.54) is 0 Å². The first-order valence-corrected chi connectivity index (χ1v) is 6.28. The van der Waals surface area contributed by atoms with E-state index in [9.17, 15) is 4.79 Å². The highest BCUT2D eigenvalue weighted by atomic mass is 16.1. The summed E-state index contributed by atoms with van der Waals surface area (Å²) in [5.74, 6) is 0.0953. The Labute approximate surface area is 103 Å². The van der Waals surface area contributed by atoms with Crippen LogP contribution in [-0.2, 0) is 18.3 Å². The molecule has 1 N–H and O–H groups in total. The monoisotopic (exact) mass is 237 g/mol. The van der Waals surface area contributed by atoms with Gasteiger partial charge in [0.2, 0.25) is 5.91 Å². The molecule has 96 valence electrons. The summed E-state index contributed by atoms with van der Waals surface area (Å²) in [6, 6.07) is 0.291. The van der Waals surface area contributed by atoms with E-state index in [0.29, 0.717) is 12.5 Å². The fraction of sp³-hybridized carbons (Fsp3) is 0.692. The second-order valence-electron chi connectivity index (χ2n) is 4.53. The first-order valence-electron chi connectivity index (χ1n) is 6.28. The van der Waals surface area contributed by atoms with Gasteiger partial charge in [-0.15, -0.1) is 0 Å². The number of carbonyl (C=O) groups is 1. The molecule has 0 fully saturated rings. The minimum absolute atomic E-state index is 0.0953. The number of amides is 1. The molecule has 0 spiro atoms. The highest BCUT2D eigenvalue weighted by Gasteiger charge is 2.15. The summed E-state index contributed by atoms with van der Waals surface area (Å²) in [5, 5.41) is 7.37. The lowest BCUT2D eigenvalue weighted by molar-refractivity contribution is -0.121. The molecule has 0 aliphatic carbocycles. The summed E-state index contributed by atoms with van der Waals surface area (Å²) in [4.78, 5) is 11.9. The van der Waals surface area contributed by atoms with Gasteiger partial charge in [0.15, 0.2) is 0 Å². The molecule has 1 heterocycles. The molecule has 1 aromatic rings. The highest BCUT2D eigenvalue weighted by molar-refractivity contribution is 5.79. The molecule has 0 atom stereocenters. The van der Waals surface area contributed by atoms with E-state index in [-0.39, 0.29) is 5.91 Å². The Balaban J connectivity index is 2.68. The molecular weight excluding hydrogens is 214 g/mol. The molecule has 1 aromatic heterocycles. The zero-order valence-corrected chi connectivity index (χ0v) is 11.5. The van der Waals surface area contributed by atoms with Crippen molar-refractivity contribution < 1.29 is 4.79 Å². The number of rotatable bonds is 5. The van der Waals surface area contributed by atoms with E-state index in [4.69, 9.17) is 0 Å². The zero-order valence-electron chi connectivity index (χ0n) is 11.5. The summed E-state index contributed by atoms with van der Waals surface area (Å²) in [5.41, 5.74) is 3.07. The van der Waals surface area contributed by atoms with Gasteiger partial charge in [0, 0.05) is 24.3 Å². The van der Waals surface area contributed by atoms with Crippen molar-refractivity contribution in [1.82, 2.24) is 15.1 Å². The molecule has 1 rings (SSSR count). The largest absolute Gasteiger partial charge is 0.353 e. The number of hydrogen-bond donors (Lipinski definition) is 1.